The maximum atomic E-state index is 12.4. The Morgan fingerprint density at radius 3 is 2.69 bits per heavy atom. The van der Waals surface area contributed by atoms with Crippen LogP contribution >= 0.6 is 15.9 Å². The van der Waals surface area contributed by atoms with Crippen LogP contribution in [0, 0.1) is 0 Å². The molecule has 0 spiro atoms. The number of nitrogens with two attached hydrogens (primary N) is 1. The van der Waals surface area contributed by atoms with Crippen molar-refractivity contribution in [2.75, 3.05) is 0 Å². The summed E-state index contributed by atoms with van der Waals surface area (Å²) < 4.78 is 24.8. The summed E-state index contributed by atoms with van der Waals surface area (Å²) >= 11 is 2.84. The Labute approximate surface area is 81.7 Å². The van der Waals surface area contributed by atoms with E-state index in [1.165, 1.54) is 6.20 Å². The molecule has 0 fully saturated rings. The summed E-state index contributed by atoms with van der Waals surface area (Å²) in [7, 11) is 0. The molecule has 1 aromatic rings. The lowest BCUT2D eigenvalue weighted by molar-refractivity contribution is 0.146. The van der Waals surface area contributed by atoms with Gasteiger partial charge >= 0.3 is 0 Å². The second-order valence-electron chi connectivity index (χ2n) is 2.34. The molecule has 0 unspecified atom stereocenters. The van der Waals surface area contributed by atoms with Gasteiger partial charge in [0.15, 0.2) is 5.75 Å². The molecular weight excluding hydrogens is 246 g/mol. The van der Waals surface area contributed by atoms with E-state index in [-0.39, 0.29) is 16.7 Å². The molecule has 13 heavy (non-hydrogen) atoms. The van der Waals surface area contributed by atoms with Crippen molar-refractivity contribution in [2.45, 2.75) is 13.0 Å². The number of nitrogens with zero attached hydrogens (tertiary/aromatic N) is 1. The van der Waals surface area contributed by atoms with Gasteiger partial charge in [-0.05, 0) is 21.5 Å². The maximum Gasteiger partial charge on any atom is 0.267 e. The highest BCUT2D eigenvalue weighted by Gasteiger charge is 2.19. The van der Waals surface area contributed by atoms with Crippen LogP contribution < -0.4 is 5.73 Å². The molecule has 0 aliphatic carbocycles. The van der Waals surface area contributed by atoms with E-state index in [0.29, 0.717) is 0 Å². The molecule has 0 atom stereocenters. The Hall–Kier alpha value is -0.750. The first-order valence-corrected chi connectivity index (χ1v) is 4.21. The predicted octanol–water partition coefficient (Wildman–Crippen LogP) is 1.95. The summed E-state index contributed by atoms with van der Waals surface area (Å²) in [6.45, 7) is -0.0759. The van der Waals surface area contributed by atoms with Crippen LogP contribution in [0.4, 0.5) is 8.78 Å². The van der Waals surface area contributed by atoms with Crippen molar-refractivity contribution < 1.29 is 13.9 Å². The third-order valence-corrected chi connectivity index (χ3v) is 2.15. The van der Waals surface area contributed by atoms with Gasteiger partial charge in [0.25, 0.3) is 6.43 Å². The van der Waals surface area contributed by atoms with Crippen molar-refractivity contribution in [1.82, 2.24) is 4.98 Å². The highest BCUT2D eigenvalue weighted by Crippen LogP contribution is 2.35. The van der Waals surface area contributed by atoms with E-state index in [2.05, 4.69) is 20.9 Å². The van der Waals surface area contributed by atoms with Crippen LogP contribution in [0.1, 0.15) is 17.6 Å². The minimum absolute atomic E-state index is 0.000000000000000222. The van der Waals surface area contributed by atoms with Gasteiger partial charge in [-0.3, -0.25) is 0 Å². The molecule has 6 heteroatoms. The van der Waals surface area contributed by atoms with Crippen molar-refractivity contribution in [2.24, 2.45) is 5.73 Å². The summed E-state index contributed by atoms with van der Waals surface area (Å²) in [4.78, 5) is 3.65. The quantitative estimate of drug-likeness (QED) is 0.792. The molecule has 0 radical (unpaired) electrons. The monoisotopic (exact) mass is 252 g/mol. The number of pyridine rings is 1. The Kier molecular flexibility index (Phi) is 3.16. The second-order valence-corrected chi connectivity index (χ2v) is 3.09. The maximum absolute atomic E-state index is 12.4. The number of hydrogen-bond acceptors (Lipinski definition) is 3. The number of aromatic nitrogens is 1. The molecule has 0 saturated heterocycles. The van der Waals surface area contributed by atoms with E-state index in [9.17, 15) is 13.9 Å². The Morgan fingerprint density at radius 1 is 1.62 bits per heavy atom. The molecule has 1 heterocycles. The first kappa shape index (κ1) is 10.3. The van der Waals surface area contributed by atoms with E-state index >= 15 is 0 Å². The summed E-state index contributed by atoms with van der Waals surface area (Å²) in [6.07, 6.45) is -1.54. The molecule has 3 N–H and O–H groups in total. The second kappa shape index (κ2) is 3.97. The van der Waals surface area contributed by atoms with Gasteiger partial charge in [-0.2, -0.15) is 0 Å². The fraction of sp³-hybridized carbons (Fsp3) is 0.286. The van der Waals surface area contributed by atoms with Crippen LogP contribution in [-0.2, 0) is 6.54 Å². The molecule has 3 nitrogen and oxygen atoms in total. The standard InChI is InChI=1S/C7H7BrF2N2O/c8-6-5(13)4(7(9)10)3(1-11)2-12-6/h2,7,13H,1,11H2. The van der Waals surface area contributed by atoms with Gasteiger partial charge in [0, 0.05) is 12.7 Å². The fourth-order valence-corrected chi connectivity index (χ4v) is 1.25. The van der Waals surface area contributed by atoms with Gasteiger partial charge in [0.05, 0.1) is 5.56 Å². The van der Waals surface area contributed by atoms with Gasteiger partial charge in [-0.25, -0.2) is 13.8 Å². The molecule has 1 rings (SSSR count). The molecular formula is C7H7BrF2N2O. The molecule has 72 valence electrons. The zero-order valence-electron chi connectivity index (χ0n) is 6.47. The molecule has 0 amide bonds. The van der Waals surface area contributed by atoms with Crippen LogP contribution in [0.3, 0.4) is 0 Å². The average Bonchev–Trinajstić information content (AvgIpc) is 2.08. The van der Waals surface area contributed by atoms with Crippen molar-refractivity contribution in [3.05, 3.63) is 21.9 Å². The van der Waals surface area contributed by atoms with Gasteiger partial charge in [-0.15, -0.1) is 0 Å². The smallest absolute Gasteiger partial charge is 0.267 e. The minimum Gasteiger partial charge on any atom is -0.505 e. The lowest BCUT2D eigenvalue weighted by atomic mass is 10.1. The summed E-state index contributed by atoms with van der Waals surface area (Å²) in [5.74, 6) is -0.544. The summed E-state index contributed by atoms with van der Waals surface area (Å²) in [6, 6.07) is 0. The van der Waals surface area contributed by atoms with Gasteiger partial charge in [0.2, 0.25) is 0 Å². The number of rotatable bonds is 2. The summed E-state index contributed by atoms with van der Waals surface area (Å²) in [5.41, 5.74) is 4.90. The largest absolute Gasteiger partial charge is 0.505 e. The molecule has 0 aliphatic rings. The third-order valence-electron chi connectivity index (χ3n) is 1.57. The minimum atomic E-state index is -2.75. The summed E-state index contributed by atoms with van der Waals surface area (Å²) in [5, 5.41) is 9.23. The van der Waals surface area contributed by atoms with Crippen molar-refractivity contribution in [3.8, 4) is 5.75 Å². The van der Waals surface area contributed by atoms with Gasteiger partial charge in [0.1, 0.15) is 4.60 Å². The normalized spacial score (nSPS) is 10.8. The van der Waals surface area contributed by atoms with Crippen molar-refractivity contribution >= 4 is 15.9 Å². The van der Waals surface area contributed by atoms with E-state index in [1.807, 2.05) is 0 Å². The fourth-order valence-electron chi connectivity index (χ4n) is 0.935. The van der Waals surface area contributed by atoms with Gasteiger partial charge < -0.3 is 10.8 Å². The highest BCUT2D eigenvalue weighted by molar-refractivity contribution is 9.10. The van der Waals surface area contributed by atoms with E-state index in [0.717, 1.165) is 0 Å². The first-order valence-electron chi connectivity index (χ1n) is 3.42. The van der Waals surface area contributed by atoms with Crippen molar-refractivity contribution in [3.63, 3.8) is 0 Å². The third kappa shape index (κ3) is 1.94. The Morgan fingerprint density at radius 2 is 2.23 bits per heavy atom. The van der Waals surface area contributed by atoms with Crippen LogP contribution in [0.15, 0.2) is 10.8 Å². The highest BCUT2D eigenvalue weighted by atomic mass is 79.9. The molecule has 0 aliphatic heterocycles. The molecule has 0 saturated carbocycles. The molecule has 1 aromatic heterocycles. The average molecular weight is 253 g/mol. The van der Waals surface area contributed by atoms with Crippen LogP contribution in [0.25, 0.3) is 0 Å². The van der Waals surface area contributed by atoms with Gasteiger partial charge in [-0.1, -0.05) is 0 Å². The zero-order valence-corrected chi connectivity index (χ0v) is 8.05. The number of halogens is 3. The Balaban J connectivity index is 3.32. The van der Waals surface area contributed by atoms with Crippen LogP contribution in [0.2, 0.25) is 0 Å². The zero-order chi connectivity index (χ0) is 10.0. The number of hydrogen-bond donors (Lipinski definition) is 2. The SMILES string of the molecule is NCc1cnc(Br)c(O)c1C(F)F. The molecule has 0 aromatic carbocycles. The first-order chi connectivity index (χ1) is 6.07. The topological polar surface area (TPSA) is 59.1 Å². The van der Waals surface area contributed by atoms with Crippen molar-refractivity contribution in [1.29, 1.82) is 0 Å². The van der Waals surface area contributed by atoms with E-state index in [1.54, 1.807) is 0 Å². The van der Waals surface area contributed by atoms with Crippen LogP contribution in [0.5, 0.6) is 5.75 Å². The predicted molar refractivity (Wildman–Crippen MR) is 46.5 cm³/mol. The molecule has 0 bridgehead atoms. The van der Waals surface area contributed by atoms with E-state index < -0.39 is 17.7 Å². The Bertz CT molecular complexity index is 320. The lowest BCUT2D eigenvalue weighted by Crippen LogP contribution is -2.03. The number of alkyl halides is 2. The van der Waals surface area contributed by atoms with E-state index in [4.69, 9.17) is 5.73 Å². The number of aromatic hydroxyl groups is 1. The lowest BCUT2D eigenvalue weighted by Gasteiger charge is -2.09. The van der Waals surface area contributed by atoms with Crippen LogP contribution in [-0.4, -0.2) is 10.1 Å².